The predicted molar refractivity (Wildman–Crippen MR) is 143 cm³/mol. The molecule has 0 fully saturated rings. The molecule has 12 heteroatoms. The quantitative estimate of drug-likeness (QED) is 0.253. The number of carbonyl (C=O) groups excluding carboxylic acids is 1. The van der Waals surface area contributed by atoms with Crippen molar-refractivity contribution in [3.63, 3.8) is 0 Å². The van der Waals surface area contributed by atoms with Crippen molar-refractivity contribution in [2.75, 3.05) is 24.3 Å². The summed E-state index contributed by atoms with van der Waals surface area (Å²) >= 11 is 0. The van der Waals surface area contributed by atoms with Gasteiger partial charge in [-0.25, -0.2) is 9.19 Å². The van der Waals surface area contributed by atoms with Gasteiger partial charge in [0.25, 0.3) is 5.91 Å². The van der Waals surface area contributed by atoms with E-state index < -0.39 is 16.9 Å². The Kier molecular flexibility index (Phi) is 6.87. The molecule has 0 aliphatic carbocycles. The second-order valence-electron chi connectivity index (χ2n) is 7.96. The summed E-state index contributed by atoms with van der Waals surface area (Å²) in [5.74, 6) is -0.285. The number of amides is 1. The van der Waals surface area contributed by atoms with E-state index in [1.54, 1.807) is 30.5 Å². The third-order valence-corrected chi connectivity index (χ3v) is 6.69. The number of nitrogens with zero attached hydrogens (tertiary/aromatic N) is 3. The highest BCUT2D eigenvalue weighted by atomic mass is 32.2. The maximum atomic E-state index is 12.5. The van der Waals surface area contributed by atoms with Gasteiger partial charge in [-0.15, -0.1) is 0 Å². The largest absolute Gasteiger partial charge is 0.480 e. The Labute approximate surface area is 219 Å². The summed E-state index contributed by atoms with van der Waals surface area (Å²) in [7, 11) is 1.49. The number of carbonyl (C=O) groups is 1. The number of hydrogen-bond acceptors (Lipinski definition) is 9. The van der Waals surface area contributed by atoms with Gasteiger partial charge < -0.3 is 29.7 Å². The molecule has 0 aliphatic rings. The Hall–Kier alpha value is -4.97. The molecule has 0 spiro atoms. The van der Waals surface area contributed by atoms with Crippen LogP contribution >= 0.6 is 0 Å². The molecule has 0 radical (unpaired) electrons. The second-order valence-corrected chi connectivity index (χ2v) is 9.17. The van der Waals surface area contributed by atoms with Gasteiger partial charge in [0.15, 0.2) is 11.0 Å². The number of rotatable bonds is 9. The Morgan fingerprint density at radius 3 is 2.61 bits per heavy atom. The number of fused-ring (bicyclic) bond motifs is 1. The zero-order chi connectivity index (χ0) is 26.6. The summed E-state index contributed by atoms with van der Waals surface area (Å²) < 4.78 is 30.9. The van der Waals surface area contributed by atoms with Crippen LogP contribution in [0.25, 0.3) is 22.0 Å². The van der Waals surface area contributed by atoms with Crippen molar-refractivity contribution in [3.05, 3.63) is 79.0 Å². The van der Waals surface area contributed by atoms with Crippen LogP contribution in [0.1, 0.15) is 10.4 Å². The van der Waals surface area contributed by atoms with Gasteiger partial charge in [0, 0.05) is 29.2 Å². The highest BCUT2D eigenvalue weighted by Gasteiger charge is 2.17. The first kappa shape index (κ1) is 24.7. The van der Waals surface area contributed by atoms with Crippen LogP contribution in [0.4, 0.5) is 17.1 Å². The van der Waals surface area contributed by atoms with Crippen molar-refractivity contribution in [1.29, 1.82) is 0 Å². The smallest absolute Gasteiger partial charge is 0.319 e. The molecule has 1 unspecified atom stereocenters. The molecule has 0 saturated carbocycles. The van der Waals surface area contributed by atoms with Crippen LogP contribution in [0.2, 0.25) is 0 Å². The van der Waals surface area contributed by atoms with E-state index in [0.29, 0.717) is 44.3 Å². The molecule has 1 amide bonds. The number of aromatic nitrogens is 3. The van der Waals surface area contributed by atoms with Gasteiger partial charge in [-0.3, -0.25) is 9.78 Å². The third kappa shape index (κ3) is 4.97. The number of benzene rings is 2. The standard InChI is InChI=1S/C26H22N6O5S/c1-35-25-20(12-29-26(31-25)36-2)15-6-7-19-22(10-15)28-13-21(24(27)33)23(19)30-16-4-3-5-17(11-16)32-38(34)18-8-9-37-14-18/h3-14,32H,1-2H3,(H2,27,33)(H,28,30). The number of furan rings is 1. The van der Waals surface area contributed by atoms with Crippen molar-refractivity contribution < 1.29 is 22.9 Å². The average Bonchev–Trinajstić information content (AvgIpc) is 3.48. The predicted octanol–water partition coefficient (Wildman–Crippen LogP) is 4.28. The van der Waals surface area contributed by atoms with E-state index in [9.17, 15) is 9.00 Å². The number of nitrogens with one attached hydrogen (secondary N) is 2. The number of nitrogens with two attached hydrogens (primary N) is 1. The molecule has 5 rings (SSSR count). The van der Waals surface area contributed by atoms with E-state index in [4.69, 9.17) is 19.6 Å². The molecule has 11 nitrogen and oxygen atoms in total. The van der Waals surface area contributed by atoms with Gasteiger partial charge in [0.05, 0.1) is 47.7 Å². The minimum atomic E-state index is -1.50. The van der Waals surface area contributed by atoms with Gasteiger partial charge in [0.2, 0.25) is 5.88 Å². The molecule has 0 bridgehead atoms. The zero-order valence-electron chi connectivity index (χ0n) is 20.3. The lowest BCUT2D eigenvalue weighted by Gasteiger charge is -2.15. The molecule has 5 aromatic rings. The van der Waals surface area contributed by atoms with Crippen LogP contribution in [0.15, 0.2) is 82.8 Å². The van der Waals surface area contributed by atoms with Crippen LogP contribution in [0.5, 0.6) is 11.9 Å². The summed E-state index contributed by atoms with van der Waals surface area (Å²) in [6.45, 7) is 0. The van der Waals surface area contributed by atoms with Crippen LogP contribution in [-0.2, 0) is 11.0 Å². The number of pyridine rings is 1. The maximum Gasteiger partial charge on any atom is 0.319 e. The lowest BCUT2D eigenvalue weighted by atomic mass is 10.0. The van der Waals surface area contributed by atoms with E-state index in [-0.39, 0.29) is 11.6 Å². The summed E-state index contributed by atoms with van der Waals surface area (Å²) in [6.07, 6.45) is 5.90. The highest BCUT2D eigenvalue weighted by Crippen LogP contribution is 2.35. The number of methoxy groups -OCH3 is 2. The number of hydrogen-bond donors (Lipinski definition) is 3. The van der Waals surface area contributed by atoms with E-state index in [0.717, 1.165) is 5.56 Å². The Morgan fingerprint density at radius 1 is 1.03 bits per heavy atom. The normalized spacial score (nSPS) is 11.6. The zero-order valence-corrected chi connectivity index (χ0v) is 21.1. The van der Waals surface area contributed by atoms with Crippen molar-refractivity contribution in [2.45, 2.75) is 4.90 Å². The van der Waals surface area contributed by atoms with Crippen molar-refractivity contribution in [1.82, 2.24) is 15.0 Å². The SMILES string of the molecule is COc1ncc(-c2ccc3c(Nc4cccc(NS(=O)c5ccoc5)c4)c(C(N)=O)cnc3c2)c(OC)n1. The van der Waals surface area contributed by atoms with Crippen molar-refractivity contribution >= 4 is 44.9 Å². The Balaban J connectivity index is 1.51. The molecule has 0 aliphatic heterocycles. The first-order valence-corrected chi connectivity index (χ1v) is 12.4. The number of ether oxygens (including phenoxy) is 2. The summed E-state index contributed by atoms with van der Waals surface area (Å²) in [6, 6.07) is 14.5. The first-order valence-electron chi connectivity index (χ1n) is 11.2. The van der Waals surface area contributed by atoms with Gasteiger partial charge >= 0.3 is 6.01 Å². The Bertz CT molecular complexity index is 1660. The fraction of sp³-hybridized carbons (Fsp3) is 0.0769. The molecule has 3 heterocycles. The second kappa shape index (κ2) is 10.6. The third-order valence-electron chi connectivity index (χ3n) is 5.60. The van der Waals surface area contributed by atoms with Crippen LogP contribution in [-0.4, -0.2) is 39.3 Å². The van der Waals surface area contributed by atoms with Crippen molar-refractivity contribution in [2.24, 2.45) is 5.73 Å². The van der Waals surface area contributed by atoms with Crippen LogP contribution in [0.3, 0.4) is 0 Å². The average molecular weight is 531 g/mol. The topological polar surface area (TPSA) is 154 Å². The lowest BCUT2D eigenvalue weighted by Crippen LogP contribution is -2.14. The lowest BCUT2D eigenvalue weighted by molar-refractivity contribution is 0.100. The molecule has 1 atom stereocenters. The maximum absolute atomic E-state index is 12.5. The molecule has 4 N–H and O–H groups in total. The highest BCUT2D eigenvalue weighted by molar-refractivity contribution is 7.86. The number of anilines is 3. The van der Waals surface area contributed by atoms with Gasteiger partial charge in [-0.1, -0.05) is 18.2 Å². The molecule has 2 aromatic carbocycles. The fourth-order valence-electron chi connectivity index (χ4n) is 3.81. The van der Waals surface area contributed by atoms with Crippen molar-refractivity contribution in [3.8, 4) is 23.0 Å². The van der Waals surface area contributed by atoms with E-state index >= 15 is 0 Å². The molecule has 0 saturated heterocycles. The van der Waals surface area contributed by atoms with Gasteiger partial charge in [-0.2, -0.15) is 4.98 Å². The van der Waals surface area contributed by atoms with Gasteiger partial charge in [0.1, 0.15) is 6.26 Å². The van der Waals surface area contributed by atoms with Crippen LogP contribution in [0, 0.1) is 0 Å². The summed E-state index contributed by atoms with van der Waals surface area (Å²) in [4.78, 5) is 25.7. The van der Waals surface area contributed by atoms with E-state index in [1.165, 1.54) is 32.9 Å². The summed E-state index contributed by atoms with van der Waals surface area (Å²) in [5.41, 5.74) is 9.62. The molecule has 38 heavy (non-hydrogen) atoms. The molecular formula is C26H22N6O5S. The Morgan fingerprint density at radius 2 is 1.87 bits per heavy atom. The monoisotopic (exact) mass is 530 g/mol. The van der Waals surface area contributed by atoms with E-state index in [2.05, 4.69) is 25.0 Å². The van der Waals surface area contributed by atoms with Gasteiger partial charge in [-0.05, 0) is 35.9 Å². The number of primary amides is 1. The first-order chi connectivity index (χ1) is 18.5. The minimum Gasteiger partial charge on any atom is -0.480 e. The molecule has 192 valence electrons. The minimum absolute atomic E-state index is 0.187. The fourth-order valence-corrected chi connectivity index (χ4v) is 4.59. The summed E-state index contributed by atoms with van der Waals surface area (Å²) in [5, 5.41) is 3.94. The molecule has 3 aromatic heterocycles. The van der Waals surface area contributed by atoms with Crippen LogP contribution < -0.4 is 25.2 Å². The van der Waals surface area contributed by atoms with E-state index in [1.807, 2.05) is 24.3 Å². The molecular weight excluding hydrogens is 508 g/mol.